The van der Waals surface area contributed by atoms with Crippen LogP contribution in [0, 0.1) is 6.92 Å². The Bertz CT molecular complexity index is 488. The lowest BCUT2D eigenvalue weighted by Crippen LogP contribution is -2.08. The second-order valence-corrected chi connectivity index (χ2v) is 3.99. The summed E-state index contributed by atoms with van der Waals surface area (Å²) in [6.45, 7) is 5.50. The number of rotatable bonds is 3. The molecule has 0 saturated carbocycles. The molecule has 1 aromatic carbocycles. The topological polar surface area (TPSA) is 71.4 Å². The van der Waals surface area contributed by atoms with E-state index in [4.69, 9.17) is 0 Å². The summed E-state index contributed by atoms with van der Waals surface area (Å²) >= 11 is 0. The molecule has 0 saturated heterocycles. The number of hydrogen-bond donors (Lipinski definition) is 1. The van der Waals surface area contributed by atoms with E-state index in [-0.39, 0.29) is 34.2 Å². The molecule has 0 radical (unpaired) electrons. The Labute approximate surface area is 99.3 Å². The lowest BCUT2D eigenvalue weighted by Gasteiger charge is -2.12. The van der Waals surface area contributed by atoms with E-state index in [1.807, 2.05) is 0 Å². The molecule has 90 valence electrons. The van der Waals surface area contributed by atoms with Crippen molar-refractivity contribution in [3.63, 3.8) is 0 Å². The molecule has 1 N–H and O–H groups in total. The van der Waals surface area contributed by atoms with Crippen LogP contribution in [0.5, 0.6) is 5.75 Å². The van der Waals surface area contributed by atoms with Crippen LogP contribution in [0.3, 0.4) is 0 Å². The average molecular weight is 234 g/mol. The molecule has 0 heterocycles. The molecule has 0 aliphatic heterocycles. The van der Waals surface area contributed by atoms with E-state index < -0.39 is 0 Å². The summed E-state index contributed by atoms with van der Waals surface area (Å²) in [5.41, 5.74) is 0.750. The van der Waals surface area contributed by atoms with Gasteiger partial charge in [-0.1, -0.05) is 0 Å². The highest BCUT2D eigenvalue weighted by atomic mass is 16.3. The summed E-state index contributed by atoms with van der Waals surface area (Å²) in [7, 11) is 0. The van der Waals surface area contributed by atoms with Crippen molar-refractivity contribution >= 4 is 17.3 Å². The third kappa shape index (κ3) is 2.25. The van der Waals surface area contributed by atoms with Crippen LogP contribution in [0.15, 0.2) is 6.07 Å². The highest BCUT2D eigenvalue weighted by Crippen LogP contribution is 2.30. The van der Waals surface area contributed by atoms with Crippen molar-refractivity contribution in [1.29, 1.82) is 0 Å². The zero-order chi connectivity index (χ0) is 13.3. The van der Waals surface area contributed by atoms with Crippen molar-refractivity contribution in [2.75, 3.05) is 0 Å². The van der Waals surface area contributed by atoms with E-state index in [1.54, 1.807) is 6.92 Å². The number of phenolic OH excluding ortho intramolecular Hbond substituents is 1. The molecule has 0 atom stereocenters. The van der Waals surface area contributed by atoms with Gasteiger partial charge in [-0.3, -0.25) is 14.4 Å². The molecule has 1 aromatic rings. The Morgan fingerprint density at radius 3 is 1.76 bits per heavy atom. The Hall–Kier alpha value is -1.97. The highest BCUT2D eigenvalue weighted by Gasteiger charge is 2.21. The van der Waals surface area contributed by atoms with Crippen LogP contribution in [0.1, 0.15) is 57.4 Å². The summed E-state index contributed by atoms with van der Waals surface area (Å²) < 4.78 is 0. The Morgan fingerprint density at radius 1 is 0.941 bits per heavy atom. The minimum Gasteiger partial charge on any atom is -0.506 e. The number of carbonyl (C=O) groups is 3. The van der Waals surface area contributed by atoms with Crippen LogP contribution in [-0.4, -0.2) is 22.5 Å². The third-order valence-electron chi connectivity index (χ3n) is 2.67. The minimum absolute atomic E-state index is 0.00556. The van der Waals surface area contributed by atoms with E-state index in [2.05, 4.69) is 0 Å². The number of phenols is 1. The molecule has 0 unspecified atom stereocenters. The maximum absolute atomic E-state index is 11.5. The highest BCUT2D eigenvalue weighted by molar-refractivity contribution is 6.09. The summed E-state index contributed by atoms with van der Waals surface area (Å²) in [4.78, 5) is 34.2. The van der Waals surface area contributed by atoms with Gasteiger partial charge >= 0.3 is 0 Å². The van der Waals surface area contributed by atoms with E-state index >= 15 is 0 Å². The second-order valence-electron chi connectivity index (χ2n) is 3.99. The van der Waals surface area contributed by atoms with E-state index in [1.165, 1.54) is 26.8 Å². The molecule has 0 aromatic heterocycles. The predicted molar refractivity (Wildman–Crippen MR) is 62.9 cm³/mol. The zero-order valence-corrected chi connectivity index (χ0v) is 10.2. The van der Waals surface area contributed by atoms with Crippen molar-refractivity contribution in [3.8, 4) is 5.75 Å². The fourth-order valence-corrected chi connectivity index (χ4v) is 1.83. The van der Waals surface area contributed by atoms with Crippen LogP contribution < -0.4 is 0 Å². The molecule has 0 aliphatic carbocycles. The molecule has 0 spiro atoms. The van der Waals surface area contributed by atoms with Gasteiger partial charge in [-0.2, -0.15) is 0 Å². The van der Waals surface area contributed by atoms with Crippen LogP contribution in [0.2, 0.25) is 0 Å². The van der Waals surface area contributed by atoms with Gasteiger partial charge in [0.05, 0.1) is 11.1 Å². The number of carbonyl (C=O) groups excluding carboxylic acids is 3. The van der Waals surface area contributed by atoms with Crippen molar-refractivity contribution < 1.29 is 19.5 Å². The molecule has 0 aliphatic rings. The molecule has 0 bridgehead atoms. The fourth-order valence-electron chi connectivity index (χ4n) is 1.83. The minimum atomic E-state index is -0.382. The first-order valence-electron chi connectivity index (χ1n) is 5.16. The van der Waals surface area contributed by atoms with Gasteiger partial charge in [-0.25, -0.2) is 0 Å². The third-order valence-corrected chi connectivity index (χ3v) is 2.67. The quantitative estimate of drug-likeness (QED) is 0.814. The number of benzene rings is 1. The molecule has 17 heavy (non-hydrogen) atoms. The second kappa shape index (κ2) is 4.49. The first-order valence-corrected chi connectivity index (χ1v) is 5.16. The monoisotopic (exact) mass is 234 g/mol. The SMILES string of the molecule is CC(=O)c1cc(C(C)=O)c(O)c(C(C)=O)c1C. The molecule has 4 heteroatoms. The van der Waals surface area contributed by atoms with Gasteiger partial charge in [-0.15, -0.1) is 0 Å². The smallest absolute Gasteiger partial charge is 0.163 e. The summed E-state index contributed by atoms with van der Waals surface area (Å²) in [5.74, 6) is -1.34. The van der Waals surface area contributed by atoms with Gasteiger partial charge in [0.25, 0.3) is 0 Å². The van der Waals surface area contributed by atoms with Crippen molar-refractivity contribution in [3.05, 3.63) is 28.3 Å². The van der Waals surface area contributed by atoms with Crippen molar-refractivity contribution in [2.24, 2.45) is 0 Å². The lowest BCUT2D eigenvalue weighted by atomic mass is 9.92. The summed E-state index contributed by atoms with van der Waals surface area (Å²) in [5, 5.41) is 9.86. The Balaban J connectivity index is 3.76. The maximum Gasteiger partial charge on any atom is 0.163 e. The van der Waals surface area contributed by atoms with E-state index in [9.17, 15) is 19.5 Å². The average Bonchev–Trinajstić information content (AvgIpc) is 2.15. The van der Waals surface area contributed by atoms with Gasteiger partial charge in [0.2, 0.25) is 0 Å². The summed E-state index contributed by atoms with van der Waals surface area (Å²) in [6, 6.07) is 1.34. The van der Waals surface area contributed by atoms with Gasteiger partial charge in [0.1, 0.15) is 5.75 Å². The van der Waals surface area contributed by atoms with Crippen molar-refractivity contribution in [1.82, 2.24) is 0 Å². The standard InChI is InChI=1S/C13H14O4/c1-6-10(7(2)14)5-11(8(3)15)13(17)12(6)9(4)16/h5,17H,1-4H3. The van der Waals surface area contributed by atoms with Crippen LogP contribution in [0.25, 0.3) is 0 Å². The largest absolute Gasteiger partial charge is 0.506 e. The fraction of sp³-hybridized carbons (Fsp3) is 0.308. The predicted octanol–water partition coefficient (Wildman–Crippen LogP) is 2.31. The molecular weight excluding hydrogens is 220 g/mol. The Morgan fingerprint density at radius 2 is 1.41 bits per heavy atom. The summed E-state index contributed by atoms with van der Waals surface area (Å²) in [6.07, 6.45) is 0. The van der Waals surface area contributed by atoms with Crippen LogP contribution in [0.4, 0.5) is 0 Å². The number of aromatic hydroxyl groups is 1. The normalized spacial score (nSPS) is 10.1. The van der Waals surface area contributed by atoms with Gasteiger partial charge in [0.15, 0.2) is 17.3 Å². The van der Waals surface area contributed by atoms with Gasteiger partial charge < -0.3 is 5.11 Å². The molecule has 0 amide bonds. The maximum atomic E-state index is 11.5. The van der Waals surface area contributed by atoms with Gasteiger partial charge in [0, 0.05) is 5.56 Å². The van der Waals surface area contributed by atoms with Crippen molar-refractivity contribution in [2.45, 2.75) is 27.7 Å². The zero-order valence-electron chi connectivity index (χ0n) is 10.2. The first-order chi connectivity index (χ1) is 7.77. The molecule has 0 fully saturated rings. The van der Waals surface area contributed by atoms with Crippen LogP contribution >= 0.6 is 0 Å². The lowest BCUT2D eigenvalue weighted by molar-refractivity contribution is 0.101. The number of hydrogen-bond acceptors (Lipinski definition) is 4. The van der Waals surface area contributed by atoms with Crippen LogP contribution in [-0.2, 0) is 0 Å². The van der Waals surface area contributed by atoms with E-state index in [0.29, 0.717) is 11.1 Å². The van der Waals surface area contributed by atoms with Gasteiger partial charge in [-0.05, 0) is 39.3 Å². The first kappa shape index (κ1) is 13.1. The molecule has 1 rings (SSSR count). The number of Topliss-reactive ketones (excluding diaryl/α,β-unsaturated/α-hetero) is 3. The van der Waals surface area contributed by atoms with E-state index in [0.717, 1.165) is 0 Å². The molecular formula is C13H14O4. The number of ketones is 3. The molecule has 4 nitrogen and oxygen atoms in total. The Kier molecular flexibility index (Phi) is 3.46.